The standard InChI is InChI=1S/C12H5Cl5O3S2.Na/c13-7-8(14)10(16)12(11(17)9(7)15)21-5-1-3-6(4-2-5)22(18,19)20;/h1-4H,(H,18,19,20);/q;+1/p-1. The second-order valence-corrected chi connectivity index (χ2v) is 8.28. The van der Waals surface area contributed by atoms with Gasteiger partial charge in [-0.15, -0.1) is 0 Å². The van der Waals surface area contributed by atoms with Gasteiger partial charge in [0.1, 0.15) is 10.1 Å². The van der Waals surface area contributed by atoms with E-state index in [9.17, 15) is 13.0 Å². The van der Waals surface area contributed by atoms with Crippen LogP contribution in [0.4, 0.5) is 0 Å². The quantitative estimate of drug-likeness (QED) is 0.306. The third kappa shape index (κ3) is 5.08. The van der Waals surface area contributed by atoms with Gasteiger partial charge < -0.3 is 4.55 Å². The summed E-state index contributed by atoms with van der Waals surface area (Å²) in [4.78, 5) is 0.632. The van der Waals surface area contributed by atoms with E-state index in [2.05, 4.69) is 0 Å². The maximum atomic E-state index is 10.9. The molecular formula is C12H4Cl5NaO3S2. The van der Waals surface area contributed by atoms with Crippen LogP contribution < -0.4 is 29.6 Å². The van der Waals surface area contributed by atoms with Crippen LogP contribution in [0, 0.1) is 0 Å². The molecule has 23 heavy (non-hydrogen) atoms. The van der Waals surface area contributed by atoms with Crippen molar-refractivity contribution in [1.82, 2.24) is 0 Å². The second kappa shape index (κ2) is 8.69. The van der Waals surface area contributed by atoms with Crippen LogP contribution in [0.25, 0.3) is 0 Å². The van der Waals surface area contributed by atoms with E-state index in [-0.39, 0.29) is 59.6 Å². The van der Waals surface area contributed by atoms with E-state index in [0.29, 0.717) is 9.79 Å². The summed E-state index contributed by atoms with van der Waals surface area (Å²) in [6.07, 6.45) is 0. The monoisotopic (exact) mass is 458 g/mol. The van der Waals surface area contributed by atoms with Crippen molar-refractivity contribution in [3.8, 4) is 0 Å². The van der Waals surface area contributed by atoms with Crippen LogP contribution >= 0.6 is 69.8 Å². The Labute approximate surface area is 184 Å². The molecule has 0 radical (unpaired) electrons. The average Bonchev–Trinajstić information content (AvgIpc) is 2.47. The zero-order chi connectivity index (χ0) is 16.7. The Morgan fingerprint density at radius 1 is 0.783 bits per heavy atom. The average molecular weight is 461 g/mol. The molecule has 2 aromatic carbocycles. The minimum absolute atomic E-state index is 0. The molecule has 0 saturated heterocycles. The molecule has 0 aliphatic carbocycles. The van der Waals surface area contributed by atoms with Gasteiger partial charge in [0.2, 0.25) is 0 Å². The van der Waals surface area contributed by atoms with Crippen LogP contribution in [0.15, 0.2) is 39.0 Å². The molecule has 0 heterocycles. The molecule has 0 bridgehead atoms. The fourth-order valence-electron chi connectivity index (χ4n) is 1.47. The number of hydrogen-bond acceptors (Lipinski definition) is 4. The van der Waals surface area contributed by atoms with E-state index in [1.807, 2.05) is 0 Å². The van der Waals surface area contributed by atoms with Gasteiger partial charge in [0, 0.05) is 4.90 Å². The predicted molar refractivity (Wildman–Crippen MR) is 90.0 cm³/mol. The Morgan fingerprint density at radius 3 is 1.57 bits per heavy atom. The molecule has 2 rings (SSSR count). The van der Waals surface area contributed by atoms with Crippen LogP contribution in [0.3, 0.4) is 0 Å². The molecule has 0 fully saturated rings. The van der Waals surface area contributed by atoms with Gasteiger partial charge in [0.15, 0.2) is 0 Å². The summed E-state index contributed by atoms with van der Waals surface area (Å²) in [5.41, 5.74) is 0. The number of rotatable bonds is 3. The van der Waals surface area contributed by atoms with Crippen molar-refractivity contribution in [3.63, 3.8) is 0 Å². The van der Waals surface area contributed by atoms with Crippen LogP contribution in [-0.4, -0.2) is 13.0 Å². The summed E-state index contributed by atoms with van der Waals surface area (Å²) < 4.78 is 32.7. The van der Waals surface area contributed by atoms with Crippen LogP contribution in [0.1, 0.15) is 0 Å². The smallest absolute Gasteiger partial charge is 0.744 e. The van der Waals surface area contributed by atoms with E-state index >= 15 is 0 Å². The number of benzene rings is 2. The minimum atomic E-state index is -4.50. The van der Waals surface area contributed by atoms with Crippen molar-refractivity contribution in [2.45, 2.75) is 14.7 Å². The van der Waals surface area contributed by atoms with Gasteiger partial charge in [-0.1, -0.05) is 69.8 Å². The zero-order valence-electron chi connectivity index (χ0n) is 11.2. The first kappa shape index (κ1) is 22.2. The third-order valence-corrected chi connectivity index (χ3v) is 6.97. The maximum absolute atomic E-state index is 10.9. The van der Waals surface area contributed by atoms with Crippen molar-refractivity contribution >= 4 is 79.9 Å². The van der Waals surface area contributed by atoms with Gasteiger partial charge in [-0.25, -0.2) is 8.42 Å². The van der Waals surface area contributed by atoms with E-state index < -0.39 is 10.1 Å². The molecule has 0 atom stereocenters. The van der Waals surface area contributed by atoms with Crippen LogP contribution in [-0.2, 0) is 10.1 Å². The molecule has 0 unspecified atom stereocenters. The first-order valence-electron chi connectivity index (χ1n) is 5.38. The second-order valence-electron chi connectivity index (χ2n) is 3.93. The molecule has 118 valence electrons. The number of halogens is 5. The fraction of sp³-hybridized carbons (Fsp3) is 0. The number of hydrogen-bond donors (Lipinski definition) is 0. The molecule has 0 saturated carbocycles. The molecule has 3 nitrogen and oxygen atoms in total. The molecule has 2 aromatic rings. The van der Waals surface area contributed by atoms with Gasteiger partial charge in [-0.05, 0) is 24.3 Å². The molecule has 0 aromatic heterocycles. The topological polar surface area (TPSA) is 57.2 Å². The molecule has 0 aliphatic rings. The third-order valence-electron chi connectivity index (χ3n) is 2.50. The first-order chi connectivity index (χ1) is 10.1. The normalized spacial score (nSPS) is 11.2. The van der Waals surface area contributed by atoms with Gasteiger partial charge >= 0.3 is 29.6 Å². The predicted octanol–water partition coefficient (Wildman–Crippen LogP) is 3.01. The first-order valence-corrected chi connectivity index (χ1v) is 9.49. The van der Waals surface area contributed by atoms with Crippen molar-refractivity contribution < 1.29 is 42.5 Å². The molecule has 0 amide bonds. The Hall–Kier alpha value is 1.15. The summed E-state index contributed by atoms with van der Waals surface area (Å²) >= 11 is 31.1. The largest absolute Gasteiger partial charge is 1.00 e. The van der Waals surface area contributed by atoms with Gasteiger partial charge in [-0.3, -0.25) is 0 Å². The van der Waals surface area contributed by atoms with E-state index in [4.69, 9.17) is 58.0 Å². The summed E-state index contributed by atoms with van der Waals surface area (Å²) in [6.45, 7) is 0. The Morgan fingerprint density at radius 2 is 1.17 bits per heavy atom. The van der Waals surface area contributed by atoms with Gasteiger partial charge in [0.25, 0.3) is 0 Å². The SMILES string of the molecule is O=S(=O)([O-])c1ccc(Sc2c(Cl)c(Cl)c(Cl)c(Cl)c2Cl)cc1.[Na+]. The molecule has 0 spiro atoms. The van der Waals surface area contributed by atoms with E-state index in [1.54, 1.807) is 0 Å². The van der Waals surface area contributed by atoms with Crippen molar-refractivity contribution in [2.75, 3.05) is 0 Å². The van der Waals surface area contributed by atoms with Crippen LogP contribution in [0.2, 0.25) is 25.1 Å². The summed E-state index contributed by atoms with van der Waals surface area (Å²) in [7, 11) is -4.50. The molecule has 0 N–H and O–H groups in total. The maximum Gasteiger partial charge on any atom is 1.00 e. The van der Waals surface area contributed by atoms with Crippen molar-refractivity contribution in [3.05, 3.63) is 49.4 Å². The van der Waals surface area contributed by atoms with Crippen molar-refractivity contribution in [1.29, 1.82) is 0 Å². The molecule has 11 heteroatoms. The summed E-state index contributed by atoms with van der Waals surface area (Å²) in [5.74, 6) is 0. The fourth-order valence-corrected chi connectivity index (χ4v) is 4.31. The minimum Gasteiger partial charge on any atom is -0.744 e. The molecule has 0 aliphatic heterocycles. The van der Waals surface area contributed by atoms with Crippen molar-refractivity contribution in [2.24, 2.45) is 0 Å². The van der Waals surface area contributed by atoms with Crippen LogP contribution in [0.5, 0.6) is 0 Å². The Bertz CT molecular complexity index is 812. The zero-order valence-corrected chi connectivity index (χ0v) is 18.7. The Balaban J connectivity index is 0.00000264. The summed E-state index contributed by atoms with van der Waals surface area (Å²) in [5, 5.41) is 0.451. The van der Waals surface area contributed by atoms with Gasteiger partial charge in [-0.2, -0.15) is 0 Å². The summed E-state index contributed by atoms with van der Waals surface area (Å²) in [6, 6.07) is 5.26. The molecular weight excluding hydrogens is 457 g/mol. The van der Waals surface area contributed by atoms with E-state index in [1.165, 1.54) is 24.3 Å². The Kier molecular flexibility index (Phi) is 8.39. The van der Waals surface area contributed by atoms with E-state index in [0.717, 1.165) is 11.8 Å². The van der Waals surface area contributed by atoms with Gasteiger partial charge in [0.05, 0.1) is 34.9 Å².